The number of sulfonamides is 1. The zero-order valence-electron chi connectivity index (χ0n) is 10.8. The summed E-state index contributed by atoms with van der Waals surface area (Å²) in [7, 11) is -3.71. The van der Waals surface area contributed by atoms with Gasteiger partial charge in [-0.05, 0) is 23.8 Å². The lowest BCUT2D eigenvalue weighted by Gasteiger charge is -2.03. The van der Waals surface area contributed by atoms with Gasteiger partial charge < -0.3 is 5.11 Å². The van der Waals surface area contributed by atoms with Crippen LogP contribution in [0.4, 0.5) is 5.82 Å². The van der Waals surface area contributed by atoms with Crippen LogP contribution in [0.15, 0.2) is 54.1 Å². The third kappa shape index (κ3) is 4.43. The Kier molecular flexibility index (Phi) is 4.34. The molecule has 1 aromatic carbocycles. The van der Waals surface area contributed by atoms with Crippen LogP contribution in [0.1, 0.15) is 15.9 Å². The number of nitrogens with one attached hydrogen (secondary N) is 1. The number of carbonyl (C=O) groups is 1. The van der Waals surface area contributed by atoms with Crippen molar-refractivity contribution in [2.75, 3.05) is 4.72 Å². The van der Waals surface area contributed by atoms with Gasteiger partial charge >= 0.3 is 5.97 Å². The molecule has 1 aromatic heterocycles. The van der Waals surface area contributed by atoms with Crippen LogP contribution in [0, 0.1) is 0 Å². The molecular weight excluding hydrogens is 292 g/mol. The molecule has 0 atom stereocenters. The molecular formula is C14H12N2O4S. The van der Waals surface area contributed by atoms with E-state index in [2.05, 4.69) is 9.71 Å². The first-order chi connectivity index (χ1) is 9.96. The van der Waals surface area contributed by atoms with Crippen molar-refractivity contribution in [3.05, 3.63) is 65.2 Å². The van der Waals surface area contributed by atoms with E-state index in [-0.39, 0.29) is 11.4 Å². The van der Waals surface area contributed by atoms with E-state index in [1.807, 2.05) is 6.07 Å². The van der Waals surface area contributed by atoms with Gasteiger partial charge in [-0.1, -0.05) is 30.3 Å². The summed E-state index contributed by atoms with van der Waals surface area (Å²) >= 11 is 0. The molecule has 0 unspecified atom stereocenters. The van der Waals surface area contributed by atoms with Crippen LogP contribution >= 0.6 is 0 Å². The number of anilines is 1. The van der Waals surface area contributed by atoms with Crippen LogP contribution in [-0.2, 0) is 10.0 Å². The normalized spacial score (nSPS) is 11.4. The Labute approximate surface area is 121 Å². The average Bonchev–Trinajstić information content (AvgIpc) is 2.46. The van der Waals surface area contributed by atoms with E-state index in [4.69, 9.17) is 5.11 Å². The quantitative estimate of drug-likeness (QED) is 0.882. The first-order valence-corrected chi connectivity index (χ1v) is 7.46. The lowest BCUT2D eigenvalue weighted by atomic mass is 10.2. The summed E-state index contributed by atoms with van der Waals surface area (Å²) in [4.78, 5) is 14.4. The number of carboxylic acids is 1. The molecule has 0 saturated carbocycles. The van der Waals surface area contributed by atoms with Gasteiger partial charge in [0.2, 0.25) is 0 Å². The van der Waals surface area contributed by atoms with Crippen molar-refractivity contribution in [2.45, 2.75) is 0 Å². The van der Waals surface area contributed by atoms with Crippen LogP contribution < -0.4 is 4.72 Å². The Bertz CT molecular complexity index is 753. The molecule has 0 spiro atoms. The highest BCUT2D eigenvalue weighted by Gasteiger charge is 2.08. The van der Waals surface area contributed by atoms with Crippen molar-refractivity contribution in [3.63, 3.8) is 0 Å². The van der Waals surface area contributed by atoms with Crippen LogP contribution in [0.25, 0.3) is 6.08 Å². The molecule has 2 rings (SSSR count). The third-order valence-corrected chi connectivity index (χ3v) is 3.48. The first-order valence-electron chi connectivity index (χ1n) is 5.91. The van der Waals surface area contributed by atoms with Crippen LogP contribution in [0.2, 0.25) is 0 Å². The van der Waals surface area contributed by atoms with E-state index in [1.54, 1.807) is 24.3 Å². The largest absolute Gasteiger partial charge is 0.478 e. The second-order valence-electron chi connectivity index (χ2n) is 4.10. The zero-order chi connectivity index (χ0) is 15.3. The smallest absolute Gasteiger partial charge is 0.337 e. The monoisotopic (exact) mass is 304 g/mol. The molecule has 0 aliphatic rings. The topological polar surface area (TPSA) is 96.4 Å². The molecule has 108 valence electrons. The molecule has 2 aromatic rings. The van der Waals surface area contributed by atoms with Gasteiger partial charge in [0.1, 0.15) is 5.82 Å². The minimum absolute atomic E-state index is 0.0159. The first kappa shape index (κ1) is 14.7. The number of nitrogens with zero attached hydrogens (tertiary/aromatic N) is 1. The highest BCUT2D eigenvalue weighted by atomic mass is 32.2. The van der Waals surface area contributed by atoms with Crippen molar-refractivity contribution in [3.8, 4) is 0 Å². The Morgan fingerprint density at radius 1 is 1.14 bits per heavy atom. The number of aromatic carboxylic acids is 1. The molecule has 0 saturated heterocycles. The van der Waals surface area contributed by atoms with Gasteiger partial charge in [-0.2, -0.15) is 0 Å². The minimum Gasteiger partial charge on any atom is -0.478 e. The van der Waals surface area contributed by atoms with Crippen molar-refractivity contribution < 1.29 is 18.3 Å². The SMILES string of the molecule is O=C(O)c1ccc(NS(=O)(=O)C=Cc2ccccc2)nc1. The zero-order valence-corrected chi connectivity index (χ0v) is 11.6. The lowest BCUT2D eigenvalue weighted by Crippen LogP contribution is -2.10. The summed E-state index contributed by atoms with van der Waals surface area (Å²) in [5, 5.41) is 9.75. The van der Waals surface area contributed by atoms with Crippen molar-refractivity contribution in [1.82, 2.24) is 4.98 Å². The molecule has 0 radical (unpaired) electrons. The molecule has 7 heteroatoms. The van der Waals surface area contributed by atoms with Gasteiger partial charge in [0.15, 0.2) is 0 Å². The molecule has 0 amide bonds. The summed E-state index contributed by atoms with van der Waals surface area (Å²) in [6, 6.07) is 11.5. The number of hydrogen-bond acceptors (Lipinski definition) is 4. The minimum atomic E-state index is -3.71. The number of benzene rings is 1. The molecule has 0 aliphatic heterocycles. The molecule has 0 bridgehead atoms. The van der Waals surface area contributed by atoms with Gasteiger partial charge in [-0.25, -0.2) is 18.2 Å². The Morgan fingerprint density at radius 3 is 2.43 bits per heavy atom. The molecule has 0 aliphatic carbocycles. The fourth-order valence-corrected chi connectivity index (χ4v) is 2.31. The van der Waals surface area contributed by atoms with Crippen LogP contribution in [0.5, 0.6) is 0 Å². The molecule has 21 heavy (non-hydrogen) atoms. The summed E-state index contributed by atoms with van der Waals surface area (Å²) < 4.78 is 25.9. The van der Waals surface area contributed by atoms with Crippen molar-refractivity contribution >= 4 is 27.9 Å². The maximum atomic E-state index is 11.8. The number of carboxylic acid groups (broad SMARTS) is 1. The Hall–Kier alpha value is -2.67. The maximum Gasteiger partial charge on any atom is 0.337 e. The summed E-state index contributed by atoms with van der Waals surface area (Å²) in [6.45, 7) is 0. The van der Waals surface area contributed by atoms with Gasteiger partial charge in [0.25, 0.3) is 10.0 Å². The van der Waals surface area contributed by atoms with E-state index >= 15 is 0 Å². The summed E-state index contributed by atoms with van der Waals surface area (Å²) in [6.07, 6.45) is 2.54. The van der Waals surface area contributed by atoms with Crippen molar-refractivity contribution in [2.24, 2.45) is 0 Å². The van der Waals surface area contributed by atoms with E-state index in [9.17, 15) is 13.2 Å². The average molecular weight is 304 g/mol. The van der Waals surface area contributed by atoms with Gasteiger partial charge in [-0.15, -0.1) is 0 Å². The van der Waals surface area contributed by atoms with Crippen LogP contribution in [0.3, 0.4) is 0 Å². The highest BCUT2D eigenvalue weighted by molar-refractivity contribution is 7.95. The summed E-state index contributed by atoms with van der Waals surface area (Å²) in [5.41, 5.74) is 0.731. The van der Waals surface area contributed by atoms with Gasteiger partial charge in [0, 0.05) is 6.20 Å². The fraction of sp³-hybridized carbons (Fsp3) is 0. The Balaban J connectivity index is 2.10. The maximum absolute atomic E-state index is 11.8. The Morgan fingerprint density at radius 2 is 1.86 bits per heavy atom. The third-order valence-electron chi connectivity index (χ3n) is 2.50. The number of pyridine rings is 1. The lowest BCUT2D eigenvalue weighted by molar-refractivity contribution is 0.0696. The second-order valence-corrected chi connectivity index (χ2v) is 5.66. The molecule has 1 heterocycles. The molecule has 0 fully saturated rings. The van der Waals surface area contributed by atoms with E-state index in [0.717, 1.165) is 17.2 Å². The second kappa shape index (κ2) is 6.19. The number of rotatable bonds is 5. The predicted molar refractivity (Wildman–Crippen MR) is 79.2 cm³/mol. The van der Waals surface area contributed by atoms with E-state index < -0.39 is 16.0 Å². The van der Waals surface area contributed by atoms with Crippen molar-refractivity contribution in [1.29, 1.82) is 0 Å². The van der Waals surface area contributed by atoms with Crippen LogP contribution in [-0.4, -0.2) is 24.5 Å². The fourth-order valence-electron chi connectivity index (χ4n) is 1.49. The van der Waals surface area contributed by atoms with E-state index in [1.165, 1.54) is 18.2 Å². The van der Waals surface area contributed by atoms with E-state index in [0.29, 0.717) is 0 Å². The molecule has 6 nitrogen and oxygen atoms in total. The highest BCUT2D eigenvalue weighted by Crippen LogP contribution is 2.09. The van der Waals surface area contributed by atoms with Gasteiger partial charge in [-0.3, -0.25) is 4.72 Å². The molecule has 2 N–H and O–H groups in total. The predicted octanol–water partition coefficient (Wildman–Crippen LogP) is 2.19. The number of hydrogen-bond donors (Lipinski definition) is 2. The van der Waals surface area contributed by atoms with Gasteiger partial charge in [0.05, 0.1) is 11.0 Å². The standard InChI is InChI=1S/C14H12N2O4S/c17-14(18)12-6-7-13(15-10-12)16-21(19,20)9-8-11-4-2-1-3-5-11/h1-10H,(H,15,16)(H,17,18). The number of aromatic nitrogens is 1. The summed E-state index contributed by atoms with van der Waals surface area (Å²) in [5.74, 6) is -1.07.